The van der Waals surface area contributed by atoms with Gasteiger partial charge in [0.1, 0.15) is 0 Å². The maximum atomic E-state index is 11.9. The zero-order valence-electron chi connectivity index (χ0n) is 12.0. The van der Waals surface area contributed by atoms with Crippen molar-refractivity contribution in [1.82, 2.24) is 10.2 Å². The van der Waals surface area contributed by atoms with E-state index in [-0.39, 0.29) is 0 Å². The molecule has 1 N–H and O–H groups in total. The van der Waals surface area contributed by atoms with Crippen LogP contribution < -0.4 is 5.32 Å². The van der Waals surface area contributed by atoms with Crippen LogP contribution in [0.4, 0.5) is 0 Å². The quantitative estimate of drug-likeness (QED) is 0.717. The van der Waals surface area contributed by atoms with Gasteiger partial charge >= 0.3 is 0 Å². The van der Waals surface area contributed by atoms with E-state index in [1.54, 1.807) is 0 Å². The van der Waals surface area contributed by atoms with Crippen molar-refractivity contribution in [2.45, 2.75) is 57.5 Å². The van der Waals surface area contributed by atoms with Crippen LogP contribution >= 0.6 is 0 Å². The van der Waals surface area contributed by atoms with E-state index in [0.29, 0.717) is 18.4 Å². The summed E-state index contributed by atoms with van der Waals surface area (Å²) in [6.45, 7) is 4.71. The van der Waals surface area contributed by atoms with Gasteiger partial charge in [-0.3, -0.25) is 4.79 Å². The Morgan fingerprint density at radius 3 is 2.74 bits per heavy atom. The minimum Gasteiger partial charge on any atom is -0.378 e. The van der Waals surface area contributed by atoms with Crippen LogP contribution in [0.5, 0.6) is 0 Å². The van der Waals surface area contributed by atoms with Gasteiger partial charge in [-0.15, -0.1) is 0 Å². The fourth-order valence-corrected chi connectivity index (χ4v) is 2.95. The average molecular weight is 268 g/mol. The Labute approximate surface area is 116 Å². The van der Waals surface area contributed by atoms with Crippen LogP contribution in [0.2, 0.25) is 0 Å². The number of carbonyl (C=O) groups excluding carboxylic acids is 1. The lowest BCUT2D eigenvalue weighted by molar-refractivity contribution is -0.131. The van der Waals surface area contributed by atoms with Gasteiger partial charge in [-0.25, -0.2) is 0 Å². The molecule has 0 aromatic carbocycles. The summed E-state index contributed by atoms with van der Waals surface area (Å²) in [5.41, 5.74) is 0. The minimum atomic E-state index is 0.325. The zero-order chi connectivity index (χ0) is 13.3. The molecule has 2 aliphatic rings. The smallest absolute Gasteiger partial charge is 0.223 e. The second-order valence-electron chi connectivity index (χ2n) is 5.72. The number of carbonyl (C=O) groups is 1. The van der Waals surface area contributed by atoms with E-state index in [1.165, 1.54) is 32.1 Å². The van der Waals surface area contributed by atoms with Gasteiger partial charge in [-0.2, -0.15) is 0 Å². The molecule has 2 saturated heterocycles. The Morgan fingerprint density at radius 1 is 1.16 bits per heavy atom. The van der Waals surface area contributed by atoms with E-state index in [0.717, 1.165) is 45.6 Å². The Kier molecular flexibility index (Phi) is 6.65. The van der Waals surface area contributed by atoms with E-state index in [1.807, 2.05) is 4.90 Å². The Balaban J connectivity index is 1.43. The molecule has 2 fully saturated rings. The number of piperidine rings is 1. The highest BCUT2D eigenvalue weighted by atomic mass is 16.5. The molecule has 1 atom stereocenters. The highest BCUT2D eigenvalue weighted by Crippen LogP contribution is 2.16. The van der Waals surface area contributed by atoms with Crippen molar-refractivity contribution in [2.75, 3.05) is 32.8 Å². The molecule has 0 radical (unpaired) electrons. The first-order valence-corrected chi connectivity index (χ1v) is 7.96. The standard InChI is InChI=1S/C15H28N2O2/c18-15(17-11-2-1-3-12-17)8-10-16-9-4-6-14-7-5-13-19-14/h14,16H,1-13H2. The summed E-state index contributed by atoms with van der Waals surface area (Å²) in [7, 11) is 0. The Hall–Kier alpha value is -0.610. The lowest BCUT2D eigenvalue weighted by atomic mass is 10.1. The summed E-state index contributed by atoms with van der Waals surface area (Å²) >= 11 is 0. The number of nitrogens with one attached hydrogen (secondary N) is 1. The lowest BCUT2D eigenvalue weighted by Gasteiger charge is -2.26. The van der Waals surface area contributed by atoms with E-state index < -0.39 is 0 Å². The molecule has 19 heavy (non-hydrogen) atoms. The fourth-order valence-electron chi connectivity index (χ4n) is 2.95. The third kappa shape index (κ3) is 5.49. The summed E-state index contributed by atoms with van der Waals surface area (Å²) in [5, 5.41) is 3.38. The van der Waals surface area contributed by atoms with Crippen molar-refractivity contribution >= 4 is 5.91 Å². The second kappa shape index (κ2) is 8.54. The monoisotopic (exact) mass is 268 g/mol. The molecule has 110 valence electrons. The van der Waals surface area contributed by atoms with Gasteiger partial charge < -0.3 is 15.0 Å². The average Bonchev–Trinajstić information content (AvgIpc) is 2.96. The van der Waals surface area contributed by atoms with Crippen LogP contribution in [0, 0.1) is 0 Å². The highest BCUT2D eigenvalue weighted by molar-refractivity contribution is 5.76. The van der Waals surface area contributed by atoms with Gasteiger partial charge in [0.2, 0.25) is 5.91 Å². The third-order valence-corrected chi connectivity index (χ3v) is 4.13. The first-order valence-electron chi connectivity index (χ1n) is 7.96. The third-order valence-electron chi connectivity index (χ3n) is 4.13. The maximum Gasteiger partial charge on any atom is 0.223 e. The second-order valence-corrected chi connectivity index (χ2v) is 5.72. The Bertz CT molecular complexity index is 259. The number of ether oxygens (including phenoxy) is 1. The Morgan fingerprint density at radius 2 is 2.00 bits per heavy atom. The number of nitrogens with zero attached hydrogens (tertiary/aromatic N) is 1. The normalized spacial score (nSPS) is 23.8. The molecule has 2 heterocycles. The van der Waals surface area contributed by atoms with Crippen molar-refractivity contribution in [3.63, 3.8) is 0 Å². The number of hydrogen-bond donors (Lipinski definition) is 1. The van der Waals surface area contributed by atoms with E-state index >= 15 is 0 Å². The van der Waals surface area contributed by atoms with Gasteiger partial charge in [-0.1, -0.05) is 0 Å². The van der Waals surface area contributed by atoms with Crippen molar-refractivity contribution in [3.8, 4) is 0 Å². The fraction of sp³-hybridized carbons (Fsp3) is 0.933. The number of rotatable bonds is 7. The van der Waals surface area contributed by atoms with E-state index in [4.69, 9.17) is 4.74 Å². The molecule has 2 aliphatic heterocycles. The topological polar surface area (TPSA) is 41.6 Å². The van der Waals surface area contributed by atoms with Crippen molar-refractivity contribution in [3.05, 3.63) is 0 Å². The van der Waals surface area contributed by atoms with Crippen molar-refractivity contribution < 1.29 is 9.53 Å². The summed E-state index contributed by atoms with van der Waals surface area (Å²) in [5.74, 6) is 0.325. The molecule has 0 aromatic rings. The predicted octanol–water partition coefficient (Wildman–Crippen LogP) is 1.94. The van der Waals surface area contributed by atoms with Gasteiger partial charge in [0, 0.05) is 32.7 Å². The van der Waals surface area contributed by atoms with Crippen LogP contribution in [0.3, 0.4) is 0 Å². The molecule has 4 nitrogen and oxygen atoms in total. The minimum absolute atomic E-state index is 0.325. The van der Waals surface area contributed by atoms with Crippen molar-refractivity contribution in [1.29, 1.82) is 0 Å². The molecule has 0 bridgehead atoms. The van der Waals surface area contributed by atoms with Crippen LogP contribution in [-0.2, 0) is 9.53 Å². The summed E-state index contributed by atoms with van der Waals surface area (Å²) in [6, 6.07) is 0. The van der Waals surface area contributed by atoms with Gasteiger partial charge in [-0.05, 0) is 51.5 Å². The SMILES string of the molecule is O=C(CCNCCCC1CCCO1)N1CCCCC1. The highest BCUT2D eigenvalue weighted by Gasteiger charge is 2.16. The number of likely N-dealkylation sites (tertiary alicyclic amines) is 1. The largest absolute Gasteiger partial charge is 0.378 e. The molecule has 4 heteroatoms. The summed E-state index contributed by atoms with van der Waals surface area (Å²) in [4.78, 5) is 13.9. The number of hydrogen-bond acceptors (Lipinski definition) is 3. The maximum absolute atomic E-state index is 11.9. The molecule has 1 amide bonds. The number of amides is 1. The predicted molar refractivity (Wildman–Crippen MR) is 76.1 cm³/mol. The molecular weight excluding hydrogens is 240 g/mol. The molecule has 0 aromatic heterocycles. The molecule has 2 rings (SSSR count). The molecule has 0 aliphatic carbocycles. The lowest BCUT2D eigenvalue weighted by Crippen LogP contribution is -2.37. The molecule has 0 saturated carbocycles. The van der Waals surface area contributed by atoms with Gasteiger partial charge in [0.25, 0.3) is 0 Å². The molecule has 1 unspecified atom stereocenters. The molecule has 0 spiro atoms. The van der Waals surface area contributed by atoms with E-state index in [9.17, 15) is 4.79 Å². The molecular formula is C15H28N2O2. The van der Waals surface area contributed by atoms with Crippen LogP contribution in [0.25, 0.3) is 0 Å². The van der Waals surface area contributed by atoms with Crippen LogP contribution in [0.1, 0.15) is 51.4 Å². The first-order chi connectivity index (χ1) is 9.36. The summed E-state index contributed by atoms with van der Waals surface area (Å²) in [6.07, 6.45) is 9.56. The van der Waals surface area contributed by atoms with Gasteiger partial charge in [0.15, 0.2) is 0 Å². The van der Waals surface area contributed by atoms with Crippen molar-refractivity contribution in [2.24, 2.45) is 0 Å². The van der Waals surface area contributed by atoms with Crippen LogP contribution in [0.15, 0.2) is 0 Å². The summed E-state index contributed by atoms with van der Waals surface area (Å²) < 4.78 is 5.59. The first kappa shape index (κ1) is 14.8. The van der Waals surface area contributed by atoms with Gasteiger partial charge in [0.05, 0.1) is 6.10 Å². The zero-order valence-corrected chi connectivity index (χ0v) is 12.0. The van der Waals surface area contributed by atoms with Crippen LogP contribution in [-0.4, -0.2) is 49.7 Å². The van der Waals surface area contributed by atoms with E-state index in [2.05, 4.69) is 5.32 Å².